The molecule has 0 aromatic rings. The van der Waals surface area contributed by atoms with Gasteiger partial charge in [0.15, 0.2) is 0 Å². The Kier molecular flexibility index (Phi) is 4.83. The van der Waals surface area contributed by atoms with Crippen LogP contribution in [0.5, 0.6) is 0 Å². The number of likely N-dealkylation sites (tertiary alicyclic amines) is 1. The number of rotatable bonds is 4. The van der Waals surface area contributed by atoms with Gasteiger partial charge in [-0.25, -0.2) is 0 Å². The molecule has 0 bridgehead atoms. The fraction of sp³-hybridized carbons (Fsp3) is 1.00. The fourth-order valence-electron chi connectivity index (χ4n) is 3.62. The molecule has 2 atom stereocenters. The summed E-state index contributed by atoms with van der Waals surface area (Å²) in [5, 5.41) is 3.59. The summed E-state index contributed by atoms with van der Waals surface area (Å²) in [5.41, 5.74) is 0.587. The summed E-state index contributed by atoms with van der Waals surface area (Å²) in [6.45, 7) is 9.44. The Bertz CT molecular complexity index is 221. The van der Waals surface area contributed by atoms with E-state index in [1.54, 1.807) is 7.11 Å². The lowest BCUT2D eigenvalue weighted by molar-refractivity contribution is 0.0449. The van der Waals surface area contributed by atoms with E-state index in [1.807, 2.05) is 0 Å². The molecule has 2 aliphatic rings. The van der Waals surface area contributed by atoms with Crippen LogP contribution in [0.3, 0.4) is 0 Å². The van der Waals surface area contributed by atoms with E-state index in [0.29, 0.717) is 11.3 Å². The number of hydrogen-bond acceptors (Lipinski definition) is 3. The number of hydrogen-bond donors (Lipinski definition) is 1. The van der Waals surface area contributed by atoms with Crippen molar-refractivity contribution in [2.45, 2.75) is 32.6 Å². The fourth-order valence-corrected chi connectivity index (χ4v) is 3.62. The Morgan fingerprint density at radius 3 is 2.88 bits per heavy atom. The van der Waals surface area contributed by atoms with Crippen LogP contribution in [0.15, 0.2) is 0 Å². The van der Waals surface area contributed by atoms with Crippen LogP contribution in [0, 0.1) is 11.3 Å². The van der Waals surface area contributed by atoms with Gasteiger partial charge < -0.3 is 15.0 Å². The summed E-state index contributed by atoms with van der Waals surface area (Å²) in [4.78, 5) is 2.67. The molecule has 100 valence electrons. The number of nitrogens with one attached hydrogen (secondary N) is 1. The molecule has 2 heterocycles. The molecular weight excluding hydrogens is 212 g/mol. The molecule has 1 N–H and O–H groups in total. The van der Waals surface area contributed by atoms with Crippen LogP contribution in [0.2, 0.25) is 0 Å². The molecule has 17 heavy (non-hydrogen) atoms. The highest BCUT2D eigenvalue weighted by atomic mass is 16.5. The van der Waals surface area contributed by atoms with E-state index in [9.17, 15) is 0 Å². The quantitative estimate of drug-likeness (QED) is 0.810. The maximum Gasteiger partial charge on any atom is 0.0500 e. The first-order chi connectivity index (χ1) is 8.24. The van der Waals surface area contributed by atoms with Crippen molar-refractivity contribution in [3.63, 3.8) is 0 Å². The minimum absolute atomic E-state index is 0.587. The minimum Gasteiger partial charge on any atom is -0.384 e. The van der Waals surface area contributed by atoms with Crippen LogP contribution in [-0.2, 0) is 4.74 Å². The monoisotopic (exact) mass is 240 g/mol. The first-order valence-corrected chi connectivity index (χ1v) is 7.16. The van der Waals surface area contributed by atoms with E-state index >= 15 is 0 Å². The predicted octanol–water partition coefficient (Wildman–Crippen LogP) is 1.73. The molecule has 3 heteroatoms. The third kappa shape index (κ3) is 3.67. The molecule has 2 aliphatic heterocycles. The molecule has 1 spiro atoms. The van der Waals surface area contributed by atoms with Gasteiger partial charge in [-0.3, -0.25) is 0 Å². The summed E-state index contributed by atoms with van der Waals surface area (Å²) in [7, 11) is 1.80. The molecule has 0 radical (unpaired) electrons. The van der Waals surface area contributed by atoms with Gasteiger partial charge in [0.2, 0.25) is 0 Å². The maximum absolute atomic E-state index is 5.24. The maximum atomic E-state index is 5.24. The van der Waals surface area contributed by atoms with E-state index in [2.05, 4.69) is 17.1 Å². The minimum atomic E-state index is 0.587. The second-order valence-corrected chi connectivity index (χ2v) is 6.18. The van der Waals surface area contributed by atoms with Crippen LogP contribution in [-0.4, -0.2) is 51.3 Å². The molecule has 2 fully saturated rings. The smallest absolute Gasteiger partial charge is 0.0500 e. The molecule has 0 aliphatic carbocycles. The van der Waals surface area contributed by atoms with Crippen molar-refractivity contribution >= 4 is 0 Å². The highest BCUT2D eigenvalue weighted by Gasteiger charge is 2.36. The van der Waals surface area contributed by atoms with Crippen molar-refractivity contribution in [3.05, 3.63) is 0 Å². The summed E-state index contributed by atoms with van der Waals surface area (Å²) < 4.78 is 5.24. The summed E-state index contributed by atoms with van der Waals surface area (Å²) >= 11 is 0. The third-order valence-corrected chi connectivity index (χ3v) is 4.32. The molecular formula is C14H28N2O. The Morgan fingerprint density at radius 1 is 1.35 bits per heavy atom. The van der Waals surface area contributed by atoms with Crippen LogP contribution in [0.4, 0.5) is 0 Å². The average Bonchev–Trinajstić information content (AvgIpc) is 2.30. The lowest BCUT2D eigenvalue weighted by Gasteiger charge is -2.46. The first kappa shape index (κ1) is 13.3. The van der Waals surface area contributed by atoms with E-state index < -0.39 is 0 Å². The number of nitrogens with zero attached hydrogens (tertiary/aromatic N) is 1. The van der Waals surface area contributed by atoms with Crippen LogP contribution >= 0.6 is 0 Å². The van der Waals surface area contributed by atoms with Crippen molar-refractivity contribution < 1.29 is 4.74 Å². The predicted molar refractivity (Wildman–Crippen MR) is 71.3 cm³/mol. The van der Waals surface area contributed by atoms with E-state index in [0.717, 1.165) is 6.61 Å². The number of ether oxygens (including phenoxy) is 1. The van der Waals surface area contributed by atoms with Crippen molar-refractivity contribution in [1.29, 1.82) is 0 Å². The topological polar surface area (TPSA) is 24.5 Å². The molecule has 2 unspecified atom stereocenters. The molecule has 0 aromatic heterocycles. The number of piperidine rings is 2. The van der Waals surface area contributed by atoms with Crippen LogP contribution in [0.25, 0.3) is 0 Å². The summed E-state index contributed by atoms with van der Waals surface area (Å²) in [5.74, 6) is 0.659. The van der Waals surface area contributed by atoms with Crippen LogP contribution < -0.4 is 5.32 Å². The molecule has 0 saturated carbocycles. The Balaban J connectivity index is 1.83. The Labute approximate surface area is 106 Å². The SMILES string of the molecule is COCC(C)CN1CCCC2(CCCNC2)C1. The molecule has 0 aromatic carbocycles. The average molecular weight is 240 g/mol. The molecule has 2 rings (SSSR count). The first-order valence-electron chi connectivity index (χ1n) is 7.16. The van der Waals surface area contributed by atoms with Gasteiger partial charge in [-0.15, -0.1) is 0 Å². The zero-order valence-corrected chi connectivity index (χ0v) is 11.5. The standard InChI is InChI=1S/C14H28N2O/c1-13(10-17-2)9-16-8-4-6-14(12-16)5-3-7-15-11-14/h13,15H,3-12H2,1-2H3. The van der Waals surface area contributed by atoms with E-state index in [1.165, 1.54) is 58.4 Å². The van der Waals surface area contributed by atoms with Gasteiger partial charge in [-0.05, 0) is 50.1 Å². The van der Waals surface area contributed by atoms with Gasteiger partial charge in [-0.1, -0.05) is 6.92 Å². The second-order valence-electron chi connectivity index (χ2n) is 6.18. The van der Waals surface area contributed by atoms with Crippen molar-refractivity contribution in [2.24, 2.45) is 11.3 Å². The zero-order valence-electron chi connectivity index (χ0n) is 11.5. The van der Waals surface area contributed by atoms with Crippen LogP contribution in [0.1, 0.15) is 32.6 Å². The van der Waals surface area contributed by atoms with E-state index in [4.69, 9.17) is 4.74 Å². The summed E-state index contributed by atoms with van der Waals surface area (Å²) in [6, 6.07) is 0. The molecule has 2 saturated heterocycles. The van der Waals surface area contributed by atoms with Crippen molar-refractivity contribution in [2.75, 3.05) is 46.4 Å². The van der Waals surface area contributed by atoms with Gasteiger partial charge >= 0.3 is 0 Å². The highest BCUT2D eigenvalue weighted by molar-refractivity contribution is 4.91. The summed E-state index contributed by atoms with van der Waals surface area (Å²) in [6.07, 6.45) is 5.59. The normalized spacial score (nSPS) is 32.8. The Morgan fingerprint density at radius 2 is 2.18 bits per heavy atom. The lowest BCUT2D eigenvalue weighted by atomic mass is 9.74. The largest absolute Gasteiger partial charge is 0.384 e. The number of methoxy groups -OCH3 is 1. The Hall–Kier alpha value is -0.120. The highest BCUT2D eigenvalue weighted by Crippen LogP contribution is 2.35. The van der Waals surface area contributed by atoms with Gasteiger partial charge in [-0.2, -0.15) is 0 Å². The van der Waals surface area contributed by atoms with Crippen molar-refractivity contribution in [1.82, 2.24) is 10.2 Å². The second kappa shape index (κ2) is 6.17. The van der Waals surface area contributed by atoms with Gasteiger partial charge in [0.25, 0.3) is 0 Å². The van der Waals surface area contributed by atoms with Gasteiger partial charge in [0, 0.05) is 33.4 Å². The van der Waals surface area contributed by atoms with Gasteiger partial charge in [0.1, 0.15) is 0 Å². The lowest BCUT2D eigenvalue weighted by Crippen LogP contribution is -2.51. The van der Waals surface area contributed by atoms with Gasteiger partial charge in [0.05, 0.1) is 0 Å². The van der Waals surface area contributed by atoms with E-state index in [-0.39, 0.29) is 0 Å². The zero-order chi connectivity index (χ0) is 12.1. The van der Waals surface area contributed by atoms with Crippen molar-refractivity contribution in [3.8, 4) is 0 Å². The molecule has 3 nitrogen and oxygen atoms in total. The molecule has 0 amide bonds. The third-order valence-electron chi connectivity index (χ3n) is 4.32.